The second-order valence-corrected chi connectivity index (χ2v) is 6.98. The summed E-state index contributed by atoms with van der Waals surface area (Å²) < 4.78 is 7.82. The van der Waals surface area contributed by atoms with Gasteiger partial charge in [0.15, 0.2) is 0 Å². The fourth-order valence-corrected chi connectivity index (χ4v) is 3.11. The van der Waals surface area contributed by atoms with Crippen molar-refractivity contribution in [3.05, 3.63) is 70.5 Å². The Morgan fingerprint density at radius 1 is 1.07 bits per heavy atom. The molecule has 0 atom stereocenters. The molecule has 0 saturated heterocycles. The van der Waals surface area contributed by atoms with Gasteiger partial charge in [-0.2, -0.15) is 0 Å². The summed E-state index contributed by atoms with van der Waals surface area (Å²) in [4.78, 5) is 8.69. The van der Waals surface area contributed by atoms with Gasteiger partial charge in [-0.3, -0.25) is 4.98 Å². The zero-order valence-electron chi connectivity index (χ0n) is 15.2. The van der Waals surface area contributed by atoms with Crippen molar-refractivity contribution in [3.63, 3.8) is 0 Å². The predicted molar refractivity (Wildman–Crippen MR) is 114 cm³/mol. The summed E-state index contributed by atoms with van der Waals surface area (Å²) in [5.41, 5.74) is 2.96. The van der Waals surface area contributed by atoms with Gasteiger partial charge in [0.25, 0.3) is 0 Å². The average molecular weight is 428 g/mol. The lowest BCUT2D eigenvalue weighted by atomic mass is 10.3. The van der Waals surface area contributed by atoms with E-state index in [1.807, 2.05) is 35.9 Å². The Morgan fingerprint density at radius 2 is 1.90 bits per heavy atom. The molecule has 29 heavy (non-hydrogen) atoms. The average Bonchev–Trinajstić information content (AvgIpc) is 3.00. The van der Waals surface area contributed by atoms with Crippen LogP contribution in [0.25, 0.3) is 11.0 Å². The molecule has 0 unspecified atom stereocenters. The van der Waals surface area contributed by atoms with Crippen LogP contribution in [-0.4, -0.2) is 26.0 Å². The predicted octanol–water partition coefficient (Wildman–Crippen LogP) is 5.62. The van der Waals surface area contributed by atoms with Crippen molar-refractivity contribution in [2.75, 3.05) is 5.32 Å². The topological polar surface area (TPSA) is 84.6 Å². The zero-order valence-corrected chi connectivity index (χ0v) is 16.7. The molecule has 0 bridgehead atoms. The molecule has 2 N–H and O–H groups in total. The molecular weight excluding hydrogens is 413 g/mol. The molecule has 4 rings (SSSR count). The van der Waals surface area contributed by atoms with Gasteiger partial charge in [0, 0.05) is 31.1 Å². The first kappa shape index (κ1) is 19.0. The van der Waals surface area contributed by atoms with Crippen molar-refractivity contribution in [1.82, 2.24) is 14.5 Å². The molecule has 0 saturated carbocycles. The third-order valence-corrected chi connectivity index (χ3v) is 4.95. The van der Waals surface area contributed by atoms with Crippen molar-refractivity contribution in [1.29, 1.82) is 0 Å². The summed E-state index contributed by atoms with van der Waals surface area (Å²) in [5, 5.41) is 15.8. The van der Waals surface area contributed by atoms with Crippen molar-refractivity contribution in [3.8, 4) is 11.5 Å². The highest BCUT2D eigenvalue weighted by Gasteiger charge is 2.10. The molecule has 2 aromatic carbocycles. The molecule has 7 nitrogen and oxygen atoms in total. The maximum Gasteiger partial charge on any atom is 0.208 e. The number of anilines is 2. The second-order valence-electron chi connectivity index (χ2n) is 6.16. The van der Waals surface area contributed by atoms with Crippen LogP contribution in [0.15, 0.2) is 59.9 Å². The molecule has 0 fully saturated rings. The first-order valence-electron chi connectivity index (χ1n) is 8.53. The Balaban J connectivity index is 1.61. The van der Waals surface area contributed by atoms with Crippen LogP contribution in [0.1, 0.15) is 5.69 Å². The van der Waals surface area contributed by atoms with Gasteiger partial charge in [0.1, 0.15) is 11.5 Å². The van der Waals surface area contributed by atoms with Crippen LogP contribution in [0.5, 0.6) is 11.5 Å². The highest BCUT2D eigenvalue weighted by atomic mass is 35.5. The summed E-state index contributed by atoms with van der Waals surface area (Å²) in [6.07, 6.45) is 2.81. The molecule has 0 aliphatic carbocycles. The fourth-order valence-electron chi connectivity index (χ4n) is 2.82. The highest BCUT2D eigenvalue weighted by molar-refractivity contribution is 6.42. The molecule has 0 amide bonds. The van der Waals surface area contributed by atoms with Gasteiger partial charge >= 0.3 is 0 Å². The molecule has 2 aromatic heterocycles. The van der Waals surface area contributed by atoms with Gasteiger partial charge in [-0.05, 0) is 36.4 Å². The Kier molecular flexibility index (Phi) is 5.24. The number of nitrogens with zero attached hydrogens (tertiary/aromatic N) is 4. The van der Waals surface area contributed by atoms with E-state index in [0.29, 0.717) is 33.2 Å². The lowest BCUT2D eigenvalue weighted by molar-refractivity contribution is 0.321. The smallest absolute Gasteiger partial charge is 0.208 e. The van der Waals surface area contributed by atoms with E-state index in [4.69, 9.17) is 33.1 Å². The number of halogens is 2. The maximum absolute atomic E-state index is 8.64. The van der Waals surface area contributed by atoms with Gasteiger partial charge < -0.3 is 19.8 Å². The number of nitrogens with one attached hydrogen (secondary N) is 1. The second kappa shape index (κ2) is 7.98. The standard InChI is InChI=1S/C20H15Cl2N5O2/c1-27-19-5-3-14(29-15-6-7-23-13(8-15)11-24-28)10-18(19)26-20(27)25-12-2-4-16(21)17(22)9-12/h2-11,28H,1H3,(H,25,26). The van der Waals surface area contributed by atoms with Crippen molar-refractivity contribution >= 4 is 52.1 Å². The minimum Gasteiger partial charge on any atom is -0.457 e. The minimum absolute atomic E-state index is 0.467. The number of pyridine rings is 1. The molecule has 9 heteroatoms. The van der Waals surface area contributed by atoms with E-state index < -0.39 is 0 Å². The van der Waals surface area contributed by atoms with Gasteiger partial charge in [0.2, 0.25) is 5.95 Å². The number of aromatic nitrogens is 3. The van der Waals surface area contributed by atoms with Crippen molar-refractivity contribution < 1.29 is 9.94 Å². The Bertz CT molecular complexity index is 1220. The van der Waals surface area contributed by atoms with E-state index >= 15 is 0 Å². The Morgan fingerprint density at radius 3 is 2.69 bits per heavy atom. The summed E-state index contributed by atoms with van der Waals surface area (Å²) in [6.45, 7) is 0. The quantitative estimate of drug-likeness (QED) is 0.245. The first-order valence-corrected chi connectivity index (χ1v) is 9.29. The fraction of sp³-hybridized carbons (Fsp3) is 0.0500. The number of benzene rings is 2. The first-order chi connectivity index (χ1) is 14.0. The number of aryl methyl sites for hydroxylation is 1. The molecule has 0 spiro atoms. The van der Waals surface area contributed by atoms with E-state index in [1.54, 1.807) is 30.5 Å². The molecular formula is C20H15Cl2N5O2. The maximum atomic E-state index is 8.64. The Hall–Kier alpha value is -3.29. The zero-order chi connectivity index (χ0) is 20.4. The molecule has 146 valence electrons. The normalized spacial score (nSPS) is 11.3. The number of fused-ring (bicyclic) bond motifs is 1. The largest absolute Gasteiger partial charge is 0.457 e. The SMILES string of the molecule is Cn1c(Nc2ccc(Cl)c(Cl)c2)nc2cc(Oc3ccnc(C=NO)c3)ccc21. The summed E-state index contributed by atoms with van der Waals surface area (Å²) in [5.74, 6) is 1.84. The highest BCUT2D eigenvalue weighted by Crippen LogP contribution is 2.30. The third kappa shape index (κ3) is 4.11. The number of rotatable bonds is 5. The summed E-state index contributed by atoms with van der Waals surface area (Å²) >= 11 is 12.1. The number of hydrogen-bond acceptors (Lipinski definition) is 6. The van der Waals surface area contributed by atoms with Crippen molar-refractivity contribution in [2.45, 2.75) is 0 Å². The minimum atomic E-state index is 0.467. The van der Waals surface area contributed by atoms with Gasteiger partial charge in [-0.1, -0.05) is 28.4 Å². The monoisotopic (exact) mass is 427 g/mol. The number of ether oxygens (including phenoxy) is 1. The number of hydrogen-bond donors (Lipinski definition) is 2. The van der Waals surface area contributed by atoms with Gasteiger partial charge in [-0.25, -0.2) is 4.98 Å². The summed E-state index contributed by atoms with van der Waals surface area (Å²) in [7, 11) is 1.92. The lowest BCUT2D eigenvalue weighted by Gasteiger charge is -2.07. The lowest BCUT2D eigenvalue weighted by Crippen LogP contribution is -1.98. The van der Waals surface area contributed by atoms with E-state index in [0.717, 1.165) is 16.7 Å². The molecule has 2 heterocycles. The number of imidazole rings is 1. The summed E-state index contributed by atoms with van der Waals surface area (Å²) in [6, 6.07) is 14.3. The van der Waals surface area contributed by atoms with E-state index in [9.17, 15) is 0 Å². The van der Waals surface area contributed by atoms with Crippen LogP contribution < -0.4 is 10.1 Å². The molecule has 0 radical (unpaired) electrons. The molecule has 0 aliphatic heterocycles. The van der Waals surface area contributed by atoms with E-state index in [-0.39, 0.29) is 0 Å². The van der Waals surface area contributed by atoms with Crippen LogP contribution in [0, 0.1) is 0 Å². The van der Waals surface area contributed by atoms with Crippen LogP contribution in [0.3, 0.4) is 0 Å². The van der Waals surface area contributed by atoms with Gasteiger partial charge in [0.05, 0.1) is 33.0 Å². The number of oxime groups is 1. The van der Waals surface area contributed by atoms with Crippen LogP contribution in [-0.2, 0) is 7.05 Å². The van der Waals surface area contributed by atoms with Gasteiger partial charge in [-0.15, -0.1) is 0 Å². The Labute approximate surface area is 176 Å². The van der Waals surface area contributed by atoms with Crippen LogP contribution >= 0.6 is 23.2 Å². The van der Waals surface area contributed by atoms with E-state index in [2.05, 4.69) is 20.4 Å². The van der Waals surface area contributed by atoms with Crippen molar-refractivity contribution in [2.24, 2.45) is 12.2 Å². The molecule has 0 aliphatic rings. The van der Waals surface area contributed by atoms with E-state index in [1.165, 1.54) is 6.21 Å². The third-order valence-electron chi connectivity index (χ3n) is 4.21. The van der Waals surface area contributed by atoms with Crippen LogP contribution in [0.4, 0.5) is 11.6 Å². The van der Waals surface area contributed by atoms with Crippen LogP contribution in [0.2, 0.25) is 10.0 Å². The molecule has 4 aromatic rings.